The van der Waals surface area contributed by atoms with E-state index in [4.69, 9.17) is 0 Å². The van der Waals surface area contributed by atoms with Gasteiger partial charge >= 0.3 is 0 Å². The van der Waals surface area contributed by atoms with Crippen molar-refractivity contribution >= 4 is 0 Å². The van der Waals surface area contributed by atoms with Gasteiger partial charge in [-0.2, -0.15) is 0 Å². The molecule has 0 spiro atoms. The third kappa shape index (κ3) is 19.7. The molecular weight excluding hydrogens is 362 g/mol. The summed E-state index contributed by atoms with van der Waals surface area (Å²) in [5.41, 5.74) is 0. The Bertz CT molecular complexity index is 7.61. The standard InChI is InChI=1S/2Fe.2Mo.Ni. The molecule has 0 bridgehead atoms. The first kappa shape index (κ1) is 44.6. The number of hydrogen-bond acceptors (Lipinski definition) is 0. The quantitative estimate of drug-likeness (QED) is 0.532. The molecule has 0 radical (unpaired) electrons. The predicted octanol–water partition coefficient (Wildman–Crippen LogP) is -0.0125. The maximum absolute atomic E-state index is 0. The fourth-order valence-corrected chi connectivity index (χ4v) is 0. The van der Waals surface area contributed by atoms with Gasteiger partial charge < -0.3 is 0 Å². The monoisotopic (exact) mass is 366 g/mol. The molecule has 0 unspecified atom stereocenters. The minimum atomic E-state index is 0. The van der Waals surface area contributed by atoms with E-state index in [1.807, 2.05) is 0 Å². The molecule has 0 amide bonds. The number of hydrogen-bond donors (Lipinski definition) is 0. The summed E-state index contributed by atoms with van der Waals surface area (Å²) in [5, 5.41) is 0. The largest absolute Gasteiger partial charge is 0 e. The predicted molar refractivity (Wildman–Crippen MR) is 0 cm³/mol. The first-order valence-corrected chi connectivity index (χ1v) is 0. The van der Waals surface area contributed by atoms with Gasteiger partial charge in [0.1, 0.15) is 0 Å². The summed E-state index contributed by atoms with van der Waals surface area (Å²) >= 11 is 0. The Morgan fingerprint density at radius 2 is 0.600 bits per heavy atom. The summed E-state index contributed by atoms with van der Waals surface area (Å²) in [6.45, 7) is 0. The molecule has 0 nitrogen and oxygen atoms in total. The molecule has 0 fully saturated rings. The van der Waals surface area contributed by atoms with E-state index in [-0.39, 0.29) is 92.8 Å². The molecule has 5 heteroatoms. The second-order valence-electron chi connectivity index (χ2n) is 0. The summed E-state index contributed by atoms with van der Waals surface area (Å²) in [7, 11) is 0. The summed E-state index contributed by atoms with van der Waals surface area (Å²) in [6, 6.07) is 0. The van der Waals surface area contributed by atoms with Gasteiger partial charge in [0.15, 0.2) is 0 Å². The van der Waals surface area contributed by atoms with Crippen molar-refractivity contribution in [3.8, 4) is 0 Å². The maximum atomic E-state index is 0. The van der Waals surface area contributed by atoms with Crippen molar-refractivity contribution in [2.45, 2.75) is 0 Å². The van der Waals surface area contributed by atoms with Crippen LogP contribution in [0.2, 0.25) is 0 Å². The maximum Gasteiger partial charge on any atom is 0 e. The van der Waals surface area contributed by atoms with Crippen LogP contribution in [-0.2, 0) is 92.8 Å². The van der Waals surface area contributed by atoms with Gasteiger partial charge in [0.25, 0.3) is 0 Å². The Hall–Kier alpha value is 2.91. The molecule has 0 saturated heterocycles. The molecule has 0 aromatic carbocycles. The average Bonchev–Trinajstić information content (AvgIpc) is 0. The minimum absolute atomic E-state index is 0. The van der Waals surface area contributed by atoms with Crippen LogP contribution in [0.1, 0.15) is 0 Å². The van der Waals surface area contributed by atoms with Gasteiger partial charge in [-0.1, -0.05) is 0 Å². The van der Waals surface area contributed by atoms with Crippen LogP contribution in [0.15, 0.2) is 0 Å². The van der Waals surface area contributed by atoms with Crippen molar-refractivity contribution in [2.24, 2.45) is 0 Å². The van der Waals surface area contributed by atoms with Gasteiger partial charge in [-0.05, 0) is 0 Å². The molecule has 0 atom stereocenters. The van der Waals surface area contributed by atoms with E-state index >= 15 is 0 Å². The molecule has 0 aliphatic carbocycles. The molecule has 0 aliphatic heterocycles. The van der Waals surface area contributed by atoms with Crippen molar-refractivity contribution in [3.05, 3.63) is 0 Å². The topological polar surface area (TPSA) is 0 Å². The van der Waals surface area contributed by atoms with Crippen molar-refractivity contribution in [1.29, 1.82) is 0 Å². The van der Waals surface area contributed by atoms with Gasteiger partial charge in [0.2, 0.25) is 0 Å². The van der Waals surface area contributed by atoms with Crippen LogP contribution in [0.3, 0.4) is 0 Å². The van der Waals surface area contributed by atoms with Crippen molar-refractivity contribution < 1.29 is 92.8 Å². The molecule has 0 aromatic rings. The molecule has 0 heterocycles. The van der Waals surface area contributed by atoms with Gasteiger partial charge in [-0.25, -0.2) is 0 Å². The van der Waals surface area contributed by atoms with Gasteiger partial charge in [-0.3, -0.25) is 0 Å². The third-order valence-corrected chi connectivity index (χ3v) is 0. The van der Waals surface area contributed by atoms with Crippen LogP contribution in [0, 0.1) is 0 Å². The molecule has 0 aromatic heterocycles. The van der Waals surface area contributed by atoms with E-state index in [1.165, 1.54) is 0 Å². The summed E-state index contributed by atoms with van der Waals surface area (Å²) < 4.78 is 0. The van der Waals surface area contributed by atoms with Gasteiger partial charge in [-0.15, -0.1) is 0 Å². The Balaban J connectivity index is 0. The molecule has 5 heavy (non-hydrogen) atoms. The Labute approximate surface area is 91.4 Å². The van der Waals surface area contributed by atoms with Crippen molar-refractivity contribution in [1.82, 2.24) is 0 Å². The van der Waals surface area contributed by atoms with Crippen LogP contribution >= 0.6 is 0 Å². The van der Waals surface area contributed by atoms with Crippen molar-refractivity contribution in [3.63, 3.8) is 0 Å². The Morgan fingerprint density at radius 3 is 0.600 bits per heavy atom. The third-order valence-electron chi connectivity index (χ3n) is 0. The van der Waals surface area contributed by atoms with Gasteiger partial charge in [0, 0.05) is 92.8 Å². The van der Waals surface area contributed by atoms with Gasteiger partial charge in [0.05, 0.1) is 0 Å². The first-order chi connectivity index (χ1) is 0. The first-order valence-electron chi connectivity index (χ1n) is 0. The zero-order chi connectivity index (χ0) is 0. The van der Waals surface area contributed by atoms with E-state index in [1.54, 1.807) is 0 Å². The number of rotatable bonds is 0. The smallest absolute Gasteiger partial charge is 0 e. The Morgan fingerprint density at radius 1 is 0.600 bits per heavy atom. The second kappa shape index (κ2) is 28.5. The van der Waals surface area contributed by atoms with E-state index in [0.717, 1.165) is 0 Å². The second-order valence-corrected chi connectivity index (χ2v) is 0. The molecular formula is Fe2Mo2Ni. The fourth-order valence-electron chi connectivity index (χ4n) is 0. The fraction of sp³-hybridized carbons (Fsp3) is 0. The normalized spacial score (nSPS) is 0. The van der Waals surface area contributed by atoms with E-state index in [2.05, 4.69) is 0 Å². The average molecular weight is 362 g/mol. The molecule has 0 saturated carbocycles. The zero-order valence-corrected chi connectivity index (χ0v) is 9.05. The molecule has 38 valence electrons. The summed E-state index contributed by atoms with van der Waals surface area (Å²) in [6.07, 6.45) is 0. The Kier molecular flexibility index (Phi) is 254. The SMILES string of the molecule is [Fe].[Fe].[Mo].[Mo].[Ni]. The summed E-state index contributed by atoms with van der Waals surface area (Å²) in [4.78, 5) is 0. The minimum Gasteiger partial charge on any atom is 0 e. The van der Waals surface area contributed by atoms with Crippen LogP contribution in [0.5, 0.6) is 0 Å². The van der Waals surface area contributed by atoms with Crippen LogP contribution in [0.25, 0.3) is 0 Å². The molecule has 0 aliphatic rings. The molecule has 0 N–H and O–H groups in total. The van der Waals surface area contributed by atoms with Crippen molar-refractivity contribution in [2.75, 3.05) is 0 Å². The van der Waals surface area contributed by atoms with Crippen LogP contribution in [-0.4, -0.2) is 0 Å². The van der Waals surface area contributed by atoms with E-state index in [0.29, 0.717) is 0 Å². The van der Waals surface area contributed by atoms with Crippen LogP contribution in [0.4, 0.5) is 0 Å². The summed E-state index contributed by atoms with van der Waals surface area (Å²) in [5.74, 6) is 0. The van der Waals surface area contributed by atoms with E-state index in [9.17, 15) is 0 Å². The van der Waals surface area contributed by atoms with E-state index < -0.39 is 0 Å². The zero-order valence-electron chi connectivity index (χ0n) is 1.84. The molecule has 0 rings (SSSR count). The van der Waals surface area contributed by atoms with Crippen LogP contribution < -0.4 is 0 Å².